The second kappa shape index (κ2) is 7.22. The summed E-state index contributed by atoms with van der Waals surface area (Å²) in [6.07, 6.45) is 12.9. The van der Waals surface area contributed by atoms with Crippen LogP contribution in [0.3, 0.4) is 0 Å². The van der Waals surface area contributed by atoms with E-state index in [4.69, 9.17) is 0 Å². The lowest BCUT2D eigenvalue weighted by Gasteiger charge is -2.44. The van der Waals surface area contributed by atoms with Crippen LogP contribution in [-0.2, 0) is 0 Å². The van der Waals surface area contributed by atoms with Crippen LogP contribution in [0, 0.1) is 41.4 Å². The normalized spacial score (nSPS) is 50.7. The molecule has 0 amide bonds. The zero-order valence-corrected chi connectivity index (χ0v) is 15.1. The maximum Gasteiger partial charge on any atom is 0.104 e. The van der Waals surface area contributed by atoms with Gasteiger partial charge in [0.2, 0.25) is 0 Å². The van der Waals surface area contributed by atoms with Gasteiger partial charge in [-0.15, -0.1) is 0 Å². The van der Waals surface area contributed by atoms with E-state index in [1.54, 1.807) is 0 Å². The minimum atomic E-state index is -0.518. The molecule has 3 aliphatic carbocycles. The molecule has 0 nitrogen and oxygen atoms in total. The van der Waals surface area contributed by atoms with Crippen LogP contribution in [0.25, 0.3) is 0 Å². The molecule has 0 heterocycles. The topological polar surface area (TPSA) is 0 Å². The minimum absolute atomic E-state index is 0.378. The Bertz CT molecular complexity index is 324. The molecule has 4 unspecified atom stereocenters. The summed E-state index contributed by atoms with van der Waals surface area (Å²) >= 11 is 0. The van der Waals surface area contributed by atoms with Gasteiger partial charge in [0.1, 0.15) is 6.17 Å². The van der Waals surface area contributed by atoms with Crippen molar-refractivity contribution in [2.75, 3.05) is 0 Å². The van der Waals surface area contributed by atoms with Crippen molar-refractivity contribution in [3.8, 4) is 0 Å². The highest BCUT2D eigenvalue weighted by molar-refractivity contribution is 4.90. The van der Waals surface area contributed by atoms with Gasteiger partial charge in [-0.2, -0.15) is 0 Å². The maximum atomic E-state index is 14.6. The summed E-state index contributed by atoms with van der Waals surface area (Å²) in [5.74, 6) is 5.21. The summed E-state index contributed by atoms with van der Waals surface area (Å²) in [5.41, 5.74) is 0. The molecular weight excluding hydrogens is 271 g/mol. The molecule has 0 radical (unpaired) electrons. The third-order valence-corrected chi connectivity index (χ3v) is 7.56. The standard InChI is InChI=1S/C21H37F/c1-14-4-6-17(7-5-14)18-8-10-19(11-9-18)21-16(3)12-15(2)13-20(21)22/h14-21H,4-13H2,1-3H3. The highest BCUT2D eigenvalue weighted by Gasteiger charge is 2.41. The fourth-order valence-corrected chi connectivity index (χ4v) is 6.30. The zero-order chi connectivity index (χ0) is 15.7. The van der Waals surface area contributed by atoms with Crippen molar-refractivity contribution in [1.29, 1.82) is 0 Å². The Balaban J connectivity index is 1.51. The van der Waals surface area contributed by atoms with Gasteiger partial charge in [0.15, 0.2) is 0 Å². The smallest absolute Gasteiger partial charge is 0.104 e. The Morgan fingerprint density at radius 1 is 0.591 bits per heavy atom. The molecule has 1 heteroatoms. The third-order valence-electron chi connectivity index (χ3n) is 7.56. The predicted molar refractivity (Wildman–Crippen MR) is 92.5 cm³/mol. The fourth-order valence-electron chi connectivity index (χ4n) is 6.30. The zero-order valence-electron chi connectivity index (χ0n) is 15.1. The molecular formula is C21H37F. The number of hydrogen-bond acceptors (Lipinski definition) is 0. The van der Waals surface area contributed by atoms with E-state index < -0.39 is 6.17 Å². The Hall–Kier alpha value is -0.0700. The van der Waals surface area contributed by atoms with Gasteiger partial charge in [0.05, 0.1) is 0 Å². The van der Waals surface area contributed by atoms with Gasteiger partial charge >= 0.3 is 0 Å². The summed E-state index contributed by atoms with van der Waals surface area (Å²) in [6, 6.07) is 0. The number of alkyl halides is 1. The molecule has 3 rings (SSSR count). The summed E-state index contributed by atoms with van der Waals surface area (Å²) in [6.45, 7) is 6.97. The molecule has 0 spiro atoms. The first-order valence-corrected chi connectivity index (χ1v) is 10.2. The van der Waals surface area contributed by atoms with Crippen LogP contribution in [0.5, 0.6) is 0 Å². The minimum Gasteiger partial charge on any atom is -0.247 e. The molecule has 0 aromatic heterocycles. The molecule has 0 aromatic rings. The third kappa shape index (κ3) is 3.70. The van der Waals surface area contributed by atoms with Crippen molar-refractivity contribution >= 4 is 0 Å². The molecule has 22 heavy (non-hydrogen) atoms. The van der Waals surface area contributed by atoms with Crippen molar-refractivity contribution in [2.45, 2.75) is 91.2 Å². The van der Waals surface area contributed by atoms with Gasteiger partial charge in [0.25, 0.3) is 0 Å². The van der Waals surface area contributed by atoms with Crippen molar-refractivity contribution < 1.29 is 4.39 Å². The second-order valence-electron chi connectivity index (χ2n) is 9.34. The molecule has 3 saturated carbocycles. The summed E-state index contributed by atoms with van der Waals surface area (Å²) in [5, 5.41) is 0. The Morgan fingerprint density at radius 3 is 1.64 bits per heavy atom. The van der Waals surface area contributed by atoms with E-state index in [0.717, 1.165) is 24.2 Å². The molecule has 0 aromatic carbocycles. The van der Waals surface area contributed by atoms with E-state index in [2.05, 4.69) is 20.8 Å². The Kier molecular flexibility index (Phi) is 5.51. The fraction of sp³-hybridized carbons (Fsp3) is 1.00. The van der Waals surface area contributed by atoms with Crippen LogP contribution in [0.4, 0.5) is 4.39 Å². The van der Waals surface area contributed by atoms with Crippen molar-refractivity contribution in [1.82, 2.24) is 0 Å². The van der Waals surface area contributed by atoms with E-state index in [-0.39, 0.29) is 0 Å². The van der Waals surface area contributed by atoms with Gasteiger partial charge < -0.3 is 0 Å². The second-order valence-corrected chi connectivity index (χ2v) is 9.34. The summed E-state index contributed by atoms with van der Waals surface area (Å²) in [4.78, 5) is 0. The van der Waals surface area contributed by atoms with Crippen molar-refractivity contribution in [3.63, 3.8) is 0 Å². The predicted octanol–water partition coefficient (Wildman–Crippen LogP) is 6.64. The van der Waals surface area contributed by atoms with Crippen LogP contribution in [0.2, 0.25) is 0 Å². The summed E-state index contributed by atoms with van der Waals surface area (Å²) in [7, 11) is 0. The van der Waals surface area contributed by atoms with Gasteiger partial charge in [-0.3, -0.25) is 0 Å². The molecule has 0 saturated heterocycles. The van der Waals surface area contributed by atoms with Crippen LogP contribution in [0.1, 0.15) is 85.0 Å². The quantitative estimate of drug-likeness (QED) is 0.536. The average Bonchev–Trinajstić information content (AvgIpc) is 2.48. The maximum absolute atomic E-state index is 14.6. The number of rotatable bonds is 2. The van der Waals surface area contributed by atoms with Crippen LogP contribution < -0.4 is 0 Å². The van der Waals surface area contributed by atoms with E-state index in [9.17, 15) is 4.39 Å². The monoisotopic (exact) mass is 308 g/mol. The van der Waals surface area contributed by atoms with Crippen LogP contribution in [0.15, 0.2) is 0 Å². The SMILES string of the molecule is CC1CCC(C2CCC(C3C(C)CC(C)CC3F)CC2)CC1. The highest BCUT2D eigenvalue weighted by atomic mass is 19.1. The van der Waals surface area contributed by atoms with Crippen molar-refractivity contribution in [3.05, 3.63) is 0 Å². The van der Waals surface area contributed by atoms with Crippen LogP contribution >= 0.6 is 0 Å². The first kappa shape index (κ1) is 16.8. The van der Waals surface area contributed by atoms with Gasteiger partial charge in [-0.05, 0) is 92.8 Å². The first-order valence-electron chi connectivity index (χ1n) is 10.2. The Labute approximate surface area is 137 Å². The lowest BCUT2D eigenvalue weighted by atomic mass is 9.62. The molecule has 0 bridgehead atoms. The van der Waals surface area contributed by atoms with E-state index >= 15 is 0 Å². The summed E-state index contributed by atoms with van der Waals surface area (Å²) < 4.78 is 14.6. The lowest BCUT2D eigenvalue weighted by Crippen LogP contribution is -2.39. The molecule has 4 atom stereocenters. The van der Waals surface area contributed by atoms with E-state index in [1.165, 1.54) is 57.8 Å². The average molecular weight is 309 g/mol. The first-order chi connectivity index (χ1) is 10.5. The van der Waals surface area contributed by atoms with Gasteiger partial charge in [0, 0.05) is 0 Å². The van der Waals surface area contributed by atoms with Crippen LogP contribution in [-0.4, -0.2) is 6.17 Å². The molecule has 3 aliphatic rings. The lowest BCUT2D eigenvalue weighted by molar-refractivity contribution is 0.0154. The molecule has 3 fully saturated rings. The van der Waals surface area contributed by atoms with E-state index in [1.807, 2.05) is 0 Å². The Morgan fingerprint density at radius 2 is 1.09 bits per heavy atom. The molecule has 128 valence electrons. The number of halogens is 1. The van der Waals surface area contributed by atoms with Crippen molar-refractivity contribution in [2.24, 2.45) is 41.4 Å². The van der Waals surface area contributed by atoms with Gasteiger partial charge in [-0.1, -0.05) is 33.6 Å². The number of hydrogen-bond donors (Lipinski definition) is 0. The molecule has 0 N–H and O–H groups in total. The van der Waals surface area contributed by atoms with E-state index in [0.29, 0.717) is 23.7 Å². The molecule has 0 aliphatic heterocycles. The van der Waals surface area contributed by atoms with Gasteiger partial charge in [-0.25, -0.2) is 4.39 Å². The highest BCUT2D eigenvalue weighted by Crippen LogP contribution is 2.48. The largest absolute Gasteiger partial charge is 0.247 e.